The minimum absolute atomic E-state index is 0.0653. The first-order valence-corrected chi connectivity index (χ1v) is 7.80. The Kier molecular flexibility index (Phi) is 4.43. The molecule has 23 heavy (non-hydrogen) atoms. The molecule has 0 radical (unpaired) electrons. The molecule has 3 nitrogen and oxygen atoms in total. The molecule has 0 saturated carbocycles. The molecule has 0 aliphatic carbocycles. The van der Waals surface area contributed by atoms with Crippen LogP contribution in [0.1, 0.15) is 25.0 Å². The van der Waals surface area contributed by atoms with E-state index in [0.29, 0.717) is 11.4 Å². The number of aryl methyl sites for hydroxylation is 1. The lowest BCUT2D eigenvalue weighted by atomic mass is 10.0. The summed E-state index contributed by atoms with van der Waals surface area (Å²) < 4.78 is 42.1. The Labute approximate surface area is 137 Å². The van der Waals surface area contributed by atoms with Crippen molar-refractivity contribution in [3.05, 3.63) is 40.4 Å². The minimum Gasteiger partial charge on any atom is -0.369 e. The predicted octanol–water partition coefficient (Wildman–Crippen LogP) is 4.51. The molecule has 122 valence electrons. The van der Waals surface area contributed by atoms with Gasteiger partial charge in [0.15, 0.2) is 16.8 Å². The third kappa shape index (κ3) is 2.87. The fourth-order valence-electron chi connectivity index (χ4n) is 2.98. The molecule has 1 aromatic carbocycles. The lowest BCUT2D eigenvalue weighted by Crippen LogP contribution is -2.31. The number of aromatic nitrogens is 2. The van der Waals surface area contributed by atoms with E-state index in [1.807, 2.05) is 4.90 Å². The molecule has 2 aromatic rings. The van der Waals surface area contributed by atoms with Gasteiger partial charge in [0.1, 0.15) is 5.82 Å². The van der Waals surface area contributed by atoms with Crippen LogP contribution in [-0.4, -0.2) is 23.3 Å². The Morgan fingerprint density at radius 1 is 0.957 bits per heavy atom. The van der Waals surface area contributed by atoms with Crippen molar-refractivity contribution in [3.8, 4) is 11.1 Å². The van der Waals surface area contributed by atoms with Crippen molar-refractivity contribution in [1.29, 1.82) is 0 Å². The SMILES string of the molecule is Cc1nnc(Cl)c(-c2c(F)ccc(F)c2F)c1N1CCCCC1. The Bertz CT molecular complexity index is 746. The summed E-state index contributed by atoms with van der Waals surface area (Å²) in [6.45, 7) is 3.16. The molecule has 7 heteroatoms. The lowest BCUT2D eigenvalue weighted by Gasteiger charge is -2.31. The molecule has 1 saturated heterocycles. The molecule has 0 bridgehead atoms. The first-order valence-electron chi connectivity index (χ1n) is 7.42. The third-order valence-electron chi connectivity index (χ3n) is 4.04. The summed E-state index contributed by atoms with van der Waals surface area (Å²) in [5.74, 6) is -3.27. The van der Waals surface area contributed by atoms with E-state index >= 15 is 0 Å². The van der Waals surface area contributed by atoms with Gasteiger partial charge in [0, 0.05) is 13.1 Å². The highest BCUT2D eigenvalue weighted by atomic mass is 35.5. The number of rotatable bonds is 2. The second-order valence-corrected chi connectivity index (χ2v) is 5.92. The maximum atomic E-state index is 14.3. The molecule has 1 aliphatic heterocycles. The van der Waals surface area contributed by atoms with Gasteiger partial charge < -0.3 is 4.90 Å². The van der Waals surface area contributed by atoms with Gasteiger partial charge in [-0.15, -0.1) is 5.10 Å². The Morgan fingerprint density at radius 2 is 1.61 bits per heavy atom. The van der Waals surface area contributed by atoms with E-state index < -0.39 is 23.0 Å². The zero-order valence-corrected chi connectivity index (χ0v) is 13.3. The van der Waals surface area contributed by atoms with Crippen LogP contribution in [0.3, 0.4) is 0 Å². The molecule has 0 amide bonds. The number of benzene rings is 1. The van der Waals surface area contributed by atoms with Crippen LogP contribution < -0.4 is 4.90 Å². The van der Waals surface area contributed by atoms with Crippen LogP contribution in [0, 0.1) is 24.4 Å². The Balaban J connectivity index is 2.27. The second-order valence-electron chi connectivity index (χ2n) is 5.57. The average Bonchev–Trinajstić information content (AvgIpc) is 2.55. The predicted molar refractivity (Wildman–Crippen MR) is 83.2 cm³/mol. The molecule has 0 N–H and O–H groups in total. The number of piperidine rings is 1. The summed E-state index contributed by atoms with van der Waals surface area (Å²) >= 11 is 6.10. The fraction of sp³-hybridized carbons (Fsp3) is 0.375. The van der Waals surface area contributed by atoms with Gasteiger partial charge in [-0.25, -0.2) is 13.2 Å². The van der Waals surface area contributed by atoms with Crippen molar-refractivity contribution in [2.24, 2.45) is 0 Å². The van der Waals surface area contributed by atoms with E-state index in [4.69, 9.17) is 11.6 Å². The van der Waals surface area contributed by atoms with Gasteiger partial charge in [-0.2, -0.15) is 5.10 Å². The maximum absolute atomic E-state index is 14.3. The largest absolute Gasteiger partial charge is 0.369 e. The van der Waals surface area contributed by atoms with Gasteiger partial charge in [-0.1, -0.05) is 11.6 Å². The third-order valence-corrected chi connectivity index (χ3v) is 4.30. The monoisotopic (exact) mass is 341 g/mol. The molecular weight excluding hydrogens is 327 g/mol. The highest BCUT2D eigenvalue weighted by Gasteiger charge is 2.27. The van der Waals surface area contributed by atoms with Crippen LogP contribution >= 0.6 is 11.6 Å². The van der Waals surface area contributed by atoms with Crippen LogP contribution in [0.25, 0.3) is 11.1 Å². The first-order chi connectivity index (χ1) is 11.0. The fourth-order valence-corrected chi connectivity index (χ4v) is 3.20. The van der Waals surface area contributed by atoms with Gasteiger partial charge in [-0.05, 0) is 38.3 Å². The summed E-state index contributed by atoms with van der Waals surface area (Å²) in [7, 11) is 0. The molecular formula is C16H15ClF3N3. The number of halogens is 4. The van der Waals surface area contributed by atoms with E-state index in [0.717, 1.165) is 44.5 Å². The lowest BCUT2D eigenvalue weighted by molar-refractivity contribution is 0.498. The van der Waals surface area contributed by atoms with Crippen molar-refractivity contribution in [3.63, 3.8) is 0 Å². The Morgan fingerprint density at radius 3 is 2.30 bits per heavy atom. The number of hydrogen-bond acceptors (Lipinski definition) is 3. The average molecular weight is 342 g/mol. The summed E-state index contributed by atoms with van der Waals surface area (Å²) in [4.78, 5) is 1.98. The molecule has 1 fully saturated rings. The van der Waals surface area contributed by atoms with Crippen LogP contribution in [0.5, 0.6) is 0 Å². The number of nitrogens with zero attached hydrogens (tertiary/aromatic N) is 3. The van der Waals surface area contributed by atoms with Gasteiger partial charge in [0.2, 0.25) is 0 Å². The number of hydrogen-bond donors (Lipinski definition) is 0. The number of anilines is 1. The summed E-state index contributed by atoms with van der Waals surface area (Å²) in [6.07, 6.45) is 3.03. The van der Waals surface area contributed by atoms with E-state index in [1.54, 1.807) is 6.92 Å². The topological polar surface area (TPSA) is 29.0 Å². The molecule has 3 rings (SSSR count). The highest BCUT2D eigenvalue weighted by molar-refractivity contribution is 6.32. The summed E-state index contributed by atoms with van der Waals surface area (Å²) in [6, 6.07) is 1.64. The molecule has 1 aliphatic rings. The minimum atomic E-state index is -1.27. The van der Waals surface area contributed by atoms with E-state index in [-0.39, 0.29) is 10.7 Å². The normalized spacial score (nSPS) is 15.1. The zero-order chi connectivity index (χ0) is 16.6. The van der Waals surface area contributed by atoms with E-state index in [1.165, 1.54) is 0 Å². The summed E-state index contributed by atoms with van der Waals surface area (Å²) in [5.41, 5.74) is 0.603. The second kappa shape index (κ2) is 6.35. The van der Waals surface area contributed by atoms with Crippen molar-refractivity contribution in [2.75, 3.05) is 18.0 Å². The Hall–Kier alpha value is -1.82. The van der Waals surface area contributed by atoms with Crippen LogP contribution in [0.2, 0.25) is 5.15 Å². The van der Waals surface area contributed by atoms with Crippen molar-refractivity contribution < 1.29 is 13.2 Å². The standard InChI is InChI=1S/C16H15ClF3N3/c1-9-15(23-7-3-2-4-8-23)13(16(17)22-21-9)12-10(18)5-6-11(19)14(12)20/h5-6H,2-4,7-8H2,1H3. The molecule has 1 aromatic heterocycles. The first kappa shape index (κ1) is 16.1. The van der Waals surface area contributed by atoms with Crippen molar-refractivity contribution in [2.45, 2.75) is 26.2 Å². The van der Waals surface area contributed by atoms with E-state index in [9.17, 15) is 13.2 Å². The molecule has 0 unspecified atom stereocenters. The van der Waals surface area contributed by atoms with Gasteiger partial charge in [-0.3, -0.25) is 0 Å². The van der Waals surface area contributed by atoms with Gasteiger partial charge in [0.25, 0.3) is 0 Å². The van der Waals surface area contributed by atoms with Crippen LogP contribution in [0.4, 0.5) is 18.9 Å². The van der Waals surface area contributed by atoms with E-state index in [2.05, 4.69) is 10.2 Å². The van der Waals surface area contributed by atoms with Gasteiger partial charge >= 0.3 is 0 Å². The molecule has 0 spiro atoms. The molecule has 2 heterocycles. The quantitative estimate of drug-likeness (QED) is 0.752. The smallest absolute Gasteiger partial charge is 0.169 e. The molecule has 0 atom stereocenters. The van der Waals surface area contributed by atoms with Crippen LogP contribution in [0.15, 0.2) is 12.1 Å². The van der Waals surface area contributed by atoms with Gasteiger partial charge in [0.05, 0.1) is 22.5 Å². The summed E-state index contributed by atoms with van der Waals surface area (Å²) in [5, 5.41) is 7.58. The maximum Gasteiger partial charge on any atom is 0.169 e. The van der Waals surface area contributed by atoms with Crippen molar-refractivity contribution in [1.82, 2.24) is 10.2 Å². The zero-order valence-electron chi connectivity index (χ0n) is 12.5. The van der Waals surface area contributed by atoms with Crippen molar-refractivity contribution >= 4 is 17.3 Å². The highest BCUT2D eigenvalue weighted by Crippen LogP contribution is 2.41. The van der Waals surface area contributed by atoms with Crippen LogP contribution in [-0.2, 0) is 0 Å².